The monoisotopic (exact) mass is 459 g/mol. The Morgan fingerprint density at radius 2 is 2.12 bits per heavy atom. The van der Waals surface area contributed by atoms with E-state index in [1.165, 1.54) is 0 Å². The second-order valence-electron chi connectivity index (χ2n) is 8.61. The number of benzene rings is 2. The van der Waals surface area contributed by atoms with Crippen LogP contribution in [0.2, 0.25) is 0 Å². The Hall–Kier alpha value is -2.52. The van der Waals surface area contributed by atoms with Crippen molar-refractivity contribution in [2.24, 2.45) is 0 Å². The van der Waals surface area contributed by atoms with E-state index >= 15 is 0 Å². The number of aryl methyl sites for hydroxylation is 1. The number of carbonyl (C=O) groups is 1. The summed E-state index contributed by atoms with van der Waals surface area (Å²) in [4.78, 5) is 18.5. The molecule has 0 bridgehead atoms. The van der Waals surface area contributed by atoms with Gasteiger partial charge >= 0.3 is 0 Å². The first-order valence-corrected chi connectivity index (χ1v) is 11.3. The molecule has 0 aromatic heterocycles. The molecule has 1 heterocycles. The molecule has 0 aliphatic carbocycles. The highest BCUT2D eigenvalue weighted by atomic mass is 19.1. The Morgan fingerprint density at radius 3 is 2.76 bits per heavy atom. The van der Waals surface area contributed by atoms with E-state index in [1.54, 1.807) is 13.8 Å². The smallest absolute Gasteiger partial charge is 0.161 e. The molecule has 2 aromatic carbocycles. The van der Waals surface area contributed by atoms with Gasteiger partial charge < -0.3 is 20.3 Å². The van der Waals surface area contributed by atoms with E-state index in [1.807, 2.05) is 55.1 Å². The summed E-state index contributed by atoms with van der Waals surface area (Å²) >= 11 is 0. The molecule has 1 fully saturated rings. The lowest BCUT2D eigenvalue weighted by atomic mass is 9.96. The number of alkyl halides is 1. The maximum atomic E-state index is 14.1. The number of Topliss-reactive ketones (excluding diaryl/α,β-unsaturated/α-hetero) is 1. The van der Waals surface area contributed by atoms with Crippen molar-refractivity contribution in [2.75, 3.05) is 49.7 Å². The van der Waals surface area contributed by atoms with E-state index in [-0.39, 0.29) is 19.1 Å². The normalized spacial score (nSPS) is 20.1. The van der Waals surface area contributed by atoms with Crippen molar-refractivity contribution in [2.45, 2.75) is 39.5 Å². The first-order valence-electron chi connectivity index (χ1n) is 11.3. The van der Waals surface area contributed by atoms with Crippen molar-refractivity contribution in [1.29, 1.82) is 0 Å². The summed E-state index contributed by atoms with van der Waals surface area (Å²) < 4.78 is 19.9. The number of halogens is 1. The van der Waals surface area contributed by atoms with E-state index in [2.05, 4.69) is 15.5 Å². The third kappa shape index (κ3) is 5.89. The van der Waals surface area contributed by atoms with E-state index in [4.69, 9.17) is 9.99 Å². The van der Waals surface area contributed by atoms with Crippen molar-refractivity contribution in [3.05, 3.63) is 47.5 Å². The summed E-state index contributed by atoms with van der Waals surface area (Å²) in [6, 6.07) is 11.8. The number of hydrogen-bond acceptors (Lipinski definition) is 7. The van der Waals surface area contributed by atoms with Crippen molar-refractivity contribution in [3.63, 3.8) is 0 Å². The Balaban J connectivity index is 1.84. The molecular formula is C25H34FN3O4. The van der Waals surface area contributed by atoms with Crippen LogP contribution in [0.3, 0.4) is 0 Å². The first-order chi connectivity index (χ1) is 15.8. The number of ketones is 1. The lowest BCUT2D eigenvalue weighted by molar-refractivity contribution is -0.239. The van der Waals surface area contributed by atoms with Crippen LogP contribution in [0, 0.1) is 6.92 Å². The molecule has 1 unspecified atom stereocenters. The average Bonchev–Trinajstić information content (AvgIpc) is 3.13. The number of likely N-dealkylation sites (N-methyl/N-ethyl adjacent to an activating group) is 1. The number of carbonyl (C=O) groups excluding carboxylic acids is 1. The Labute approximate surface area is 194 Å². The zero-order valence-corrected chi connectivity index (χ0v) is 19.8. The average molecular weight is 460 g/mol. The standard InChI is InChI=1S/C25H34FN3O4/c1-5-29(10-11-33-31)23-12-19(7-9-21(23)18(3)30)22-13-20(8-6-17(22)2)28-16-32-25(4)15-27-14-24(25)26/h6-9,12-13,24,27-28,31H,5,10-11,14-16H2,1-4H3/t24?,25-/m0/s1. The number of ether oxygens (including phenoxy) is 1. The third-order valence-corrected chi connectivity index (χ3v) is 6.24. The molecule has 180 valence electrons. The number of nitrogens with one attached hydrogen (secondary N) is 2. The van der Waals surface area contributed by atoms with Gasteiger partial charge in [0.2, 0.25) is 0 Å². The van der Waals surface area contributed by atoms with Gasteiger partial charge in [0.25, 0.3) is 0 Å². The lowest BCUT2D eigenvalue weighted by Gasteiger charge is -2.26. The van der Waals surface area contributed by atoms with Crippen LogP contribution in [0.25, 0.3) is 11.1 Å². The van der Waals surface area contributed by atoms with E-state index in [0.29, 0.717) is 31.7 Å². The molecule has 8 heteroatoms. The topological polar surface area (TPSA) is 83.1 Å². The first kappa shape index (κ1) is 25.1. The predicted octanol–water partition coefficient (Wildman–Crippen LogP) is 4.27. The van der Waals surface area contributed by atoms with E-state index < -0.39 is 11.8 Å². The summed E-state index contributed by atoms with van der Waals surface area (Å²) in [6.07, 6.45) is -1.04. The van der Waals surface area contributed by atoms with Gasteiger partial charge in [0, 0.05) is 43.1 Å². The van der Waals surface area contributed by atoms with Crippen LogP contribution in [0.15, 0.2) is 36.4 Å². The molecule has 1 saturated heterocycles. The van der Waals surface area contributed by atoms with E-state index in [9.17, 15) is 9.18 Å². The molecule has 3 N–H and O–H groups in total. The van der Waals surface area contributed by atoms with Gasteiger partial charge in [-0.1, -0.05) is 12.1 Å². The molecule has 1 aliphatic rings. The third-order valence-electron chi connectivity index (χ3n) is 6.24. The summed E-state index contributed by atoms with van der Waals surface area (Å²) in [7, 11) is 0. The van der Waals surface area contributed by atoms with Gasteiger partial charge in [0.15, 0.2) is 5.78 Å². The van der Waals surface area contributed by atoms with Crippen molar-refractivity contribution in [3.8, 4) is 11.1 Å². The minimum absolute atomic E-state index is 0.0229. The van der Waals surface area contributed by atoms with Crippen LogP contribution in [0.4, 0.5) is 15.8 Å². The van der Waals surface area contributed by atoms with Gasteiger partial charge in [-0.05, 0) is 68.7 Å². The molecule has 0 saturated carbocycles. The maximum Gasteiger partial charge on any atom is 0.161 e. The fourth-order valence-corrected chi connectivity index (χ4v) is 4.10. The molecule has 0 amide bonds. The largest absolute Gasteiger partial charge is 0.369 e. The highest BCUT2D eigenvalue weighted by Gasteiger charge is 2.40. The van der Waals surface area contributed by atoms with Crippen LogP contribution in [0.5, 0.6) is 0 Å². The zero-order valence-electron chi connectivity index (χ0n) is 19.8. The fraction of sp³-hybridized carbons (Fsp3) is 0.480. The fourth-order valence-electron chi connectivity index (χ4n) is 4.10. The predicted molar refractivity (Wildman–Crippen MR) is 129 cm³/mol. The Bertz CT molecular complexity index is 971. The molecule has 7 nitrogen and oxygen atoms in total. The van der Waals surface area contributed by atoms with Crippen LogP contribution in [0.1, 0.15) is 36.7 Å². The number of anilines is 2. The van der Waals surface area contributed by atoms with Gasteiger partial charge in [0.05, 0.1) is 6.61 Å². The molecule has 2 atom stereocenters. The maximum absolute atomic E-state index is 14.1. The van der Waals surface area contributed by atoms with Gasteiger partial charge in [-0.3, -0.25) is 10.1 Å². The zero-order chi connectivity index (χ0) is 24.0. The van der Waals surface area contributed by atoms with Crippen molar-refractivity contribution >= 4 is 17.2 Å². The van der Waals surface area contributed by atoms with Crippen LogP contribution < -0.4 is 15.5 Å². The summed E-state index contributed by atoms with van der Waals surface area (Å²) in [6.45, 7) is 9.59. The number of rotatable bonds is 11. The minimum atomic E-state index is -1.04. The Morgan fingerprint density at radius 1 is 1.33 bits per heavy atom. The summed E-state index contributed by atoms with van der Waals surface area (Å²) in [5, 5.41) is 15.0. The second kappa shape index (κ2) is 11.1. The summed E-state index contributed by atoms with van der Waals surface area (Å²) in [5.74, 6) is -0.0229. The minimum Gasteiger partial charge on any atom is -0.369 e. The van der Waals surface area contributed by atoms with Gasteiger partial charge in [0.1, 0.15) is 18.5 Å². The quantitative estimate of drug-likeness (QED) is 0.200. The van der Waals surface area contributed by atoms with Crippen molar-refractivity contribution < 1.29 is 24.1 Å². The van der Waals surface area contributed by atoms with Crippen LogP contribution in [-0.2, 0) is 9.62 Å². The molecule has 3 rings (SSSR count). The van der Waals surface area contributed by atoms with Crippen molar-refractivity contribution in [1.82, 2.24) is 5.32 Å². The molecule has 33 heavy (non-hydrogen) atoms. The SMILES string of the molecule is CCN(CCOO)c1cc(-c2cc(NCO[C@@]3(C)CNCC3F)ccc2C)ccc1C(C)=O. The van der Waals surface area contributed by atoms with Crippen LogP contribution >= 0.6 is 0 Å². The van der Waals surface area contributed by atoms with Gasteiger partial charge in [-0.2, -0.15) is 0 Å². The highest BCUT2D eigenvalue weighted by Crippen LogP contribution is 2.32. The van der Waals surface area contributed by atoms with Gasteiger partial charge in [-0.25, -0.2) is 9.28 Å². The second-order valence-corrected chi connectivity index (χ2v) is 8.61. The van der Waals surface area contributed by atoms with Gasteiger partial charge in [-0.15, -0.1) is 0 Å². The lowest BCUT2D eigenvalue weighted by Crippen LogP contribution is -2.40. The van der Waals surface area contributed by atoms with Crippen LogP contribution in [-0.4, -0.2) is 62.3 Å². The molecule has 1 aliphatic heterocycles. The summed E-state index contributed by atoms with van der Waals surface area (Å²) in [5.41, 5.74) is 4.52. The van der Waals surface area contributed by atoms with E-state index in [0.717, 1.165) is 28.1 Å². The molecule has 0 radical (unpaired) electrons. The number of nitrogens with zero attached hydrogens (tertiary/aromatic N) is 1. The number of hydrogen-bond donors (Lipinski definition) is 3. The molecule has 0 spiro atoms. The molecule has 2 aromatic rings. The molecular weight excluding hydrogens is 425 g/mol. The Kier molecular flexibility index (Phi) is 8.42. The highest BCUT2D eigenvalue weighted by molar-refractivity contribution is 6.00.